The van der Waals surface area contributed by atoms with Gasteiger partial charge in [-0.3, -0.25) is 9.59 Å². The molecule has 2 heterocycles. The highest BCUT2D eigenvalue weighted by molar-refractivity contribution is 6.01. The number of fused-ring (bicyclic) bond motifs is 1. The highest BCUT2D eigenvalue weighted by Gasteiger charge is 2.48. The number of benzene rings is 1. The summed E-state index contributed by atoms with van der Waals surface area (Å²) in [6.45, 7) is 2.02. The molecule has 1 aliphatic rings. The van der Waals surface area contributed by atoms with Gasteiger partial charge in [0.1, 0.15) is 11.6 Å². The first kappa shape index (κ1) is 18.9. The molecule has 0 spiro atoms. The molecule has 0 unspecified atom stereocenters. The fourth-order valence-electron chi connectivity index (χ4n) is 3.55. The summed E-state index contributed by atoms with van der Waals surface area (Å²) in [5.74, 6) is 0.0960. The molecule has 4 rings (SSSR count). The van der Waals surface area contributed by atoms with Crippen LogP contribution in [0, 0.1) is 18.8 Å². The number of pyridine rings is 2. The Morgan fingerprint density at radius 1 is 1.17 bits per heavy atom. The van der Waals surface area contributed by atoms with Crippen molar-refractivity contribution in [2.24, 2.45) is 11.8 Å². The standard InChI is InChI=1S/C22H23N5O2/c1-12-6-4-5-7-14(12)18-8-13-9-19(24-11-17(13)20(23)25-18)26-21(28)15-10-16(15)22(29)27(2)3/h4-9,11,15-16H,10H2,1-3H3,(H2,23,25)(H,24,26,28)/t15-,16-/m0/s1. The van der Waals surface area contributed by atoms with Gasteiger partial charge in [0.25, 0.3) is 0 Å². The number of nitrogens with zero attached hydrogens (tertiary/aromatic N) is 3. The molecule has 3 N–H and O–H groups in total. The average Bonchev–Trinajstić information content (AvgIpc) is 3.48. The van der Waals surface area contributed by atoms with E-state index in [1.807, 2.05) is 37.3 Å². The number of aryl methyl sites for hydroxylation is 1. The molecular weight excluding hydrogens is 366 g/mol. The van der Waals surface area contributed by atoms with Gasteiger partial charge in [0.15, 0.2) is 0 Å². The van der Waals surface area contributed by atoms with Gasteiger partial charge in [-0.05, 0) is 36.4 Å². The topological polar surface area (TPSA) is 101 Å². The lowest BCUT2D eigenvalue weighted by molar-refractivity contribution is -0.131. The minimum atomic E-state index is -0.299. The highest BCUT2D eigenvalue weighted by atomic mass is 16.2. The maximum Gasteiger partial charge on any atom is 0.229 e. The van der Waals surface area contributed by atoms with E-state index in [-0.39, 0.29) is 23.7 Å². The lowest BCUT2D eigenvalue weighted by atomic mass is 10.0. The number of hydrogen-bond acceptors (Lipinski definition) is 5. The van der Waals surface area contributed by atoms with Gasteiger partial charge in [-0.2, -0.15) is 0 Å². The fourth-order valence-corrected chi connectivity index (χ4v) is 3.55. The quantitative estimate of drug-likeness (QED) is 0.714. The number of carbonyl (C=O) groups excluding carboxylic acids is 2. The third kappa shape index (κ3) is 3.63. The Morgan fingerprint density at radius 2 is 1.93 bits per heavy atom. The van der Waals surface area contributed by atoms with Crippen LogP contribution in [0.15, 0.2) is 42.6 Å². The first-order chi connectivity index (χ1) is 13.8. The number of nitrogens with two attached hydrogens (primary N) is 1. The second kappa shape index (κ2) is 7.16. The number of hydrogen-bond donors (Lipinski definition) is 2. The first-order valence-corrected chi connectivity index (χ1v) is 9.49. The number of nitrogen functional groups attached to an aromatic ring is 1. The molecule has 0 bridgehead atoms. The van der Waals surface area contributed by atoms with Crippen LogP contribution in [0.25, 0.3) is 22.0 Å². The van der Waals surface area contributed by atoms with Gasteiger partial charge in [0, 0.05) is 31.2 Å². The number of carbonyl (C=O) groups is 2. The molecule has 0 radical (unpaired) electrons. The van der Waals surface area contributed by atoms with Gasteiger partial charge in [-0.15, -0.1) is 0 Å². The molecule has 2 atom stereocenters. The number of amides is 2. The van der Waals surface area contributed by atoms with Crippen LogP contribution >= 0.6 is 0 Å². The van der Waals surface area contributed by atoms with Crippen LogP contribution in [0.5, 0.6) is 0 Å². The van der Waals surface area contributed by atoms with Crippen molar-refractivity contribution in [2.45, 2.75) is 13.3 Å². The predicted octanol–water partition coefficient (Wildman–Crippen LogP) is 2.85. The maximum atomic E-state index is 12.5. The van der Waals surface area contributed by atoms with E-state index >= 15 is 0 Å². The molecule has 0 saturated heterocycles. The van der Waals surface area contributed by atoms with E-state index in [1.54, 1.807) is 26.4 Å². The summed E-state index contributed by atoms with van der Waals surface area (Å²) in [4.78, 5) is 34.8. The normalized spacial score (nSPS) is 17.8. The van der Waals surface area contributed by atoms with Crippen LogP contribution in [0.3, 0.4) is 0 Å². The summed E-state index contributed by atoms with van der Waals surface area (Å²) in [6.07, 6.45) is 2.19. The van der Waals surface area contributed by atoms with Gasteiger partial charge in [0.2, 0.25) is 11.8 Å². The van der Waals surface area contributed by atoms with Gasteiger partial charge in [-0.1, -0.05) is 24.3 Å². The number of aromatic nitrogens is 2. The van der Waals surface area contributed by atoms with E-state index in [9.17, 15) is 9.59 Å². The van der Waals surface area contributed by atoms with Crippen LogP contribution in [0.4, 0.5) is 11.6 Å². The lowest BCUT2D eigenvalue weighted by Crippen LogP contribution is -2.26. The zero-order valence-electron chi connectivity index (χ0n) is 16.6. The van der Waals surface area contributed by atoms with Crippen molar-refractivity contribution >= 4 is 34.2 Å². The number of rotatable bonds is 4. The second-order valence-electron chi connectivity index (χ2n) is 7.67. The maximum absolute atomic E-state index is 12.5. The molecule has 1 aromatic carbocycles. The summed E-state index contributed by atoms with van der Waals surface area (Å²) in [5.41, 5.74) is 9.04. The van der Waals surface area contributed by atoms with Gasteiger partial charge >= 0.3 is 0 Å². The molecule has 2 amide bonds. The molecular formula is C22H23N5O2. The Balaban J connectivity index is 1.60. The molecule has 7 heteroatoms. The Kier molecular flexibility index (Phi) is 4.66. The minimum Gasteiger partial charge on any atom is -0.383 e. The third-order valence-electron chi connectivity index (χ3n) is 5.30. The Morgan fingerprint density at radius 3 is 2.66 bits per heavy atom. The zero-order chi connectivity index (χ0) is 20.7. The van der Waals surface area contributed by atoms with E-state index in [4.69, 9.17) is 5.73 Å². The molecule has 148 valence electrons. The predicted molar refractivity (Wildman–Crippen MR) is 113 cm³/mol. The van der Waals surface area contributed by atoms with Crippen LogP contribution in [-0.2, 0) is 9.59 Å². The lowest BCUT2D eigenvalue weighted by Gasteiger charge is -2.11. The van der Waals surface area contributed by atoms with Crippen LogP contribution < -0.4 is 11.1 Å². The van der Waals surface area contributed by atoms with Crippen molar-refractivity contribution in [3.63, 3.8) is 0 Å². The van der Waals surface area contributed by atoms with Crippen molar-refractivity contribution in [3.05, 3.63) is 48.2 Å². The van der Waals surface area contributed by atoms with Crippen LogP contribution in [0.1, 0.15) is 12.0 Å². The van der Waals surface area contributed by atoms with Crippen LogP contribution in [-0.4, -0.2) is 40.8 Å². The van der Waals surface area contributed by atoms with E-state index in [0.29, 0.717) is 18.1 Å². The third-order valence-corrected chi connectivity index (χ3v) is 5.30. The number of nitrogens with one attached hydrogen (secondary N) is 1. The minimum absolute atomic E-state index is 0.0154. The summed E-state index contributed by atoms with van der Waals surface area (Å²) in [7, 11) is 3.40. The van der Waals surface area contributed by atoms with E-state index in [0.717, 1.165) is 27.6 Å². The molecule has 0 aliphatic heterocycles. The Bertz CT molecular complexity index is 1130. The smallest absolute Gasteiger partial charge is 0.229 e. The molecule has 3 aromatic rings. The van der Waals surface area contributed by atoms with E-state index < -0.39 is 0 Å². The Labute approximate surface area is 168 Å². The largest absolute Gasteiger partial charge is 0.383 e. The van der Waals surface area contributed by atoms with Gasteiger partial charge in [0.05, 0.1) is 17.5 Å². The molecule has 1 aliphatic carbocycles. The summed E-state index contributed by atoms with van der Waals surface area (Å²) < 4.78 is 0. The van der Waals surface area contributed by atoms with Crippen molar-refractivity contribution < 1.29 is 9.59 Å². The van der Waals surface area contributed by atoms with Gasteiger partial charge < -0.3 is 16.0 Å². The summed E-state index contributed by atoms with van der Waals surface area (Å²) >= 11 is 0. The van der Waals surface area contributed by atoms with Gasteiger partial charge in [-0.25, -0.2) is 9.97 Å². The fraction of sp³-hybridized carbons (Fsp3) is 0.273. The number of anilines is 2. The summed E-state index contributed by atoms with van der Waals surface area (Å²) in [5, 5.41) is 4.40. The summed E-state index contributed by atoms with van der Waals surface area (Å²) in [6, 6.07) is 11.7. The highest BCUT2D eigenvalue weighted by Crippen LogP contribution is 2.40. The molecule has 29 heavy (non-hydrogen) atoms. The van der Waals surface area contributed by atoms with E-state index in [2.05, 4.69) is 15.3 Å². The van der Waals surface area contributed by atoms with Crippen molar-refractivity contribution in [1.29, 1.82) is 0 Å². The molecule has 7 nitrogen and oxygen atoms in total. The second-order valence-corrected chi connectivity index (χ2v) is 7.67. The molecule has 1 saturated carbocycles. The zero-order valence-corrected chi connectivity index (χ0v) is 16.6. The van der Waals surface area contributed by atoms with Crippen LogP contribution in [0.2, 0.25) is 0 Å². The monoisotopic (exact) mass is 389 g/mol. The van der Waals surface area contributed by atoms with Crippen molar-refractivity contribution in [3.8, 4) is 11.3 Å². The van der Waals surface area contributed by atoms with Crippen molar-refractivity contribution in [1.82, 2.24) is 14.9 Å². The SMILES string of the molecule is Cc1ccccc1-c1cc2cc(NC(=O)[C@H]3C[C@@H]3C(=O)N(C)C)ncc2c(N)n1. The first-order valence-electron chi connectivity index (χ1n) is 9.49. The Hall–Kier alpha value is -3.48. The van der Waals surface area contributed by atoms with E-state index in [1.165, 1.54) is 4.90 Å². The molecule has 2 aromatic heterocycles. The molecule has 1 fully saturated rings. The van der Waals surface area contributed by atoms with Crippen molar-refractivity contribution in [2.75, 3.05) is 25.1 Å². The average molecular weight is 389 g/mol.